The molecule has 0 aliphatic carbocycles. The molecule has 1 saturated heterocycles. The van der Waals surface area contributed by atoms with Gasteiger partial charge in [-0.25, -0.2) is 9.69 Å². The molecule has 7 nitrogen and oxygen atoms in total. The number of urea groups is 1. The van der Waals surface area contributed by atoms with Crippen LogP contribution in [-0.2, 0) is 9.59 Å². The molecule has 0 unspecified atom stereocenters. The third-order valence-corrected chi connectivity index (χ3v) is 6.39. The number of carbonyl (C=O) groups excluding carboxylic acids is 3. The van der Waals surface area contributed by atoms with Gasteiger partial charge < -0.3 is 9.64 Å². The first-order valence-electron chi connectivity index (χ1n) is 10.4. The molecule has 1 N–H and O–H groups in total. The first kappa shape index (κ1) is 22.6. The average Bonchev–Trinajstić information content (AvgIpc) is 2.75. The van der Waals surface area contributed by atoms with E-state index in [1.54, 1.807) is 24.3 Å². The van der Waals surface area contributed by atoms with Crippen LogP contribution in [0.2, 0.25) is 5.02 Å². The normalized spacial score (nSPS) is 18.8. The number of likely N-dealkylation sites (N-methyl/N-ethyl adjacent to an activating group) is 1. The van der Waals surface area contributed by atoms with E-state index < -0.39 is 17.8 Å². The van der Waals surface area contributed by atoms with Gasteiger partial charge in [-0.1, -0.05) is 17.7 Å². The van der Waals surface area contributed by atoms with Gasteiger partial charge in [-0.2, -0.15) is 0 Å². The number of hydrogen-bond donors (Lipinski definition) is 1. The Balaban J connectivity index is 1.76. The number of benzene rings is 2. The number of nitrogens with zero attached hydrogens (tertiary/aromatic N) is 2. The molecule has 4 amide bonds. The van der Waals surface area contributed by atoms with E-state index in [2.05, 4.69) is 30.1 Å². The van der Waals surface area contributed by atoms with Crippen molar-refractivity contribution in [3.63, 3.8) is 0 Å². The zero-order valence-corrected chi connectivity index (χ0v) is 19.8. The Morgan fingerprint density at radius 2 is 1.76 bits per heavy atom. The fourth-order valence-corrected chi connectivity index (χ4v) is 4.29. The van der Waals surface area contributed by atoms with Crippen molar-refractivity contribution in [1.82, 2.24) is 5.32 Å². The highest BCUT2D eigenvalue weighted by atomic mass is 35.5. The van der Waals surface area contributed by atoms with Gasteiger partial charge >= 0.3 is 6.03 Å². The summed E-state index contributed by atoms with van der Waals surface area (Å²) in [6.07, 6.45) is 3.58. The van der Waals surface area contributed by atoms with Gasteiger partial charge in [-0.05, 0) is 74.4 Å². The Kier molecular flexibility index (Phi) is 5.54. The maximum Gasteiger partial charge on any atom is 0.335 e. The SMILES string of the molecule is COc1ccc(N2C(=O)NC(=O)/C(=C/c3cc4c(cc3Cl)N(C)C(C)(C)C=C4C)C2=O)cc1. The smallest absolute Gasteiger partial charge is 0.335 e. The number of carbonyl (C=O) groups is 3. The molecule has 2 aliphatic rings. The standard InChI is InChI=1S/C25H24ClN3O4/c1-14-13-25(2,3)28(4)21-12-20(26)15(10-18(14)21)11-19-22(30)27-24(32)29(23(19)31)16-6-8-17(33-5)9-7-16/h6-13H,1-5H3,(H,27,30,32)/b19-11-. The van der Waals surface area contributed by atoms with E-state index in [1.807, 2.05) is 26.1 Å². The second kappa shape index (κ2) is 8.08. The van der Waals surface area contributed by atoms with E-state index in [9.17, 15) is 14.4 Å². The Bertz CT molecular complexity index is 1250. The summed E-state index contributed by atoms with van der Waals surface area (Å²) in [5.74, 6) is -0.921. The zero-order valence-electron chi connectivity index (χ0n) is 19.0. The van der Waals surface area contributed by atoms with E-state index in [4.69, 9.17) is 16.3 Å². The molecule has 1 fully saturated rings. The Morgan fingerprint density at radius 1 is 1.09 bits per heavy atom. The molecule has 0 radical (unpaired) electrons. The first-order valence-corrected chi connectivity index (χ1v) is 10.7. The van der Waals surface area contributed by atoms with Crippen LogP contribution in [0.15, 0.2) is 48.0 Å². The summed E-state index contributed by atoms with van der Waals surface area (Å²) in [5.41, 5.74) is 3.45. The molecule has 8 heteroatoms. The number of methoxy groups -OCH3 is 1. The molecule has 2 aromatic carbocycles. The van der Waals surface area contributed by atoms with Gasteiger partial charge in [0.2, 0.25) is 0 Å². The van der Waals surface area contributed by atoms with Crippen molar-refractivity contribution in [1.29, 1.82) is 0 Å². The lowest BCUT2D eigenvalue weighted by Crippen LogP contribution is -2.54. The predicted octanol–water partition coefficient (Wildman–Crippen LogP) is 4.65. The maximum atomic E-state index is 13.2. The van der Waals surface area contributed by atoms with Crippen molar-refractivity contribution in [3.05, 3.63) is 64.2 Å². The summed E-state index contributed by atoms with van der Waals surface area (Å²) in [6.45, 7) is 6.24. The molecule has 4 rings (SSSR count). The molecule has 0 aromatic heterocycles. The number of imide groups is 2. The van der Waals surface area contributed by atoms with E-state index in [-0.39, 0.29) is 11.1 Å². The summed E-state index contributed by atoms with van der Waals surface area (Å²) in [6, 6.07) is 9.27. The van der Waals surface area contributed by atoms with Gasteiger partial charge in [0.15, 0.2) is 0 Å². The quantitative estimate of drug-likeness (QED) is 0.527. The molecule has 2 aromatic rings. The molecule has 2 aliphatic heterocycles. The Morgan fingerprint density at radius 3 is 2.39 bits per heavy atom. The fourth-order valence-electron chi connectivity index (χ4n) is 4.08. The average molecular weight is 466 g/mol. The summed E-state index contributed by atoms with van der Waals surface area (Å²) < 4.78 is 5.12. The van der Waals surface area contributed by atoms with Crippen LogP contribution in [0, 0.1) is 0 Å². The highest BCUT2D eigenvalue weighted by molar-refractivity contribution is 6.40. The van der Waals surface area contributed by atoms with E-state index in [0.29, 0.717) is 22.0 Å². The van der Waals surface area contributed by atoms with Crippen LogP contribution < -0.4 is 19.9 Å². The number of amides is 4. The lowest BCUT2D eigenvalue weighted by atomic mass is 9.88. The van der Waals surface area contributed by atoms with Crippen LogP contribution in [0.1, 0.15) is 31.9 Å². The summed E-state index contributed by atoms with van der Waals surface area (Å²) in [4.78, 5) is 41.2. The molecule has 2 heterocycles. The van der Waals surface area contributed by atoms with Crippen molar-refractivity contribution < 1.29 is 19.1 Å². The van der Waals surface area contributed by atoms with Gasteiger partial charge in [0.25, 0.3) is 11.8 Å². The van der Waals surface area contributed by atoms with E-state index >= 15 is 0 Å². The van der Waals surface area contributed by atoms with Crippen molar-refractivity contribution in [2.45, 2.75) is 26.3 Å². The third-order valence-electron chi connectivity index (χ3n) is 6.07. The number of anilines is 2. The maximum absolute atomic E-state index is 13.2. The second-order valence-electron chi connectivity index (χ2n) is 8.59. The van der Waals surface area contributed by atoms with Gasteiger partial charge in [-0.3, -0.25) is 14.9 Å². The number of rotatable bonds is 3. The van der Waals surface area contributed by atoms with Gasteiger partial charge in [-0.15, -0.1) is 0 Å². The van der Waals surface area contributed by atoms with Crippen molar-refractivity contribution in [2.75, 3.05) is 24.0 Å². The fraction of sp³-hybridized carbons (Fsp3) is 0.240. The van der Waals surface area contributed by atoms with Gasteiger partial charge in [0, 0.05) is 23.3 Å². The Hall–Kier alpha value is -3.58. The molecule has 0 bridgehead atoms. The van der Waals surface area contributed by atoms with Crippen LogP contribution in [0.25, 0.3) is 11.6 Å². The van der Waals surface area contributed by atoms with Crippen LogP contribution in [0.4, 0.5) is 16.2 Å². The van der Waals surface area contributed by atoms with E-state index in [1.165, 1.54) is 13.2 Å². The van der Waals surface area contributed by atoms with Crippen LogP contribution in [0.5, 0.6) is 5.75 Å². The number of hydrogen-bond acceptors (Lipinski definition) is 5. The van der Waals surface area contributed by atoms with Crippen molar-refractivity contribution in [3.8, 4) is 5.75 Å². The molecule has 0 atom stereocenters. The van der Waals surface area contributed by atoms with Crippen LogP contribution >= 0.6 is 11.6 Å². The lowest BCUT2D eigenvalue weighted by molar-refractivity contribution is -0.122. The summed E-state index contributed by atoms with van der Waals surface area (Å²) in [5, 5.41) is 2.63. The molecule has 0 spiro atoms. The number of nitrogens with one attached hydrogen (secondary N) is 1. The third kappa shape index (κ3) is 3.89. The van der Waals surface area contributed by atoms with Gasteiger partial charge in [0.05, 0.1) is 18.3 Å². The Labute approximate surface area is 197 Å². The highest BCUT2D eigenvalue weighted by Crippen LogP contribution is 2.41. The number of halogens is 1. The number of fused-ring (bicyclic) bond motifs is 1. The van der Waals surface area contributed by atoms with Gasteiger partial charge in [0.1, 0.15) is 11.3 Å². The summed E-state index contributed by atoms with van der Waals surface area (Å²) in [7, 11) is 3.51. The first-order chi connectivity index (χ1) is 15.5. The van der Waals surface area contributed by atoms with Crippen LogP contribution in [-0.4, -0.2) is 37.5 Å². The minimum Gasteiger partial charge on any atom is -0.497 e. The molecular weight excluding hydrogens is 442 g/mol. The topological polar surface area (TPSA) is 79.0 Å². The molecule has 0 saturated carbocycles. The summed E-state index contributed by atoms with van der Waals surface area (Å²) >= 11 is 6.57. The largest absolute Gasteiger partial charge is 0.497 e. The van der Waals surface area contributed by atoms with Crippen molar-refractivity contribution >= 4 is 52.5 Å². The van der Waals surface area contributed by atoms with Crippen molar-refractivity contribution in [2.24, 2.45) is 0 Å². The highest BCUT2D eigenvalue weighted by Gasteiger charge is 2.37. The number of ether oxygens (including phenoxy) is 1. The monoisotopic (exact) mass is 465 g/mol. The van der Waals surface area contributed by atoms with E-state index in [0.717, 1.165) is 21.7 Å². The molecular formula is C25H24ClN3O4. The van der Waals surface area contributed by atoms with Crippen LogP contribution in [0.3, 0.4) is 0 Å². The minimum atomic E-state index is -0.813. The molecule has 170 valence electrons. The number of barbiturate groups is 1. The predicted molar refractivity (Wildman–Crippen MR) is 130 cm³/mol. The minimum absolute atomic E-state index is 0.182. The lowest BCUT2D eigenvalue weighted by Gasteiger charge is -2.40. The number of allylic oxidation sites excluding steroid dienone is 1. The molecule has 33 heavy (non-hydrogen) atoms. The second-order valence-corrected chi connectivity index (χ2v) is 8.99. The zero-order chi connectivity index (χ0) is 24.1.